The van der Waals surface area contributed by atoms with Crippen LogP contribution in [0.4, 0.5) is 5.69 Å². The predicted molar refractivity (Wildman–Crippen MR) is 105 cm³/mol. The van der Waals surface area contributed by atoms with Gasteiger partial charge in [0.2, 0.25) is 0 Å². The number of anilines is 1. The largest absolute Gasteiger partial charge is 0.478 e. The number of carboxylic acid groups (broad SMARTS) is 1. The average molecular weight is 398 g/mol. The highest BCUT2D eigenvalue weighted by molar-refractivity contribution is 6.31. The third-order valence-corrected chi connectivity index (χ3v) is 4.56. The first-order valence-electron chi connectivity index (χ1n) is 8.28. The van der Waals surface area contributed by atoms with Crippen molar-refractivity contribution < 1.29 is 24.2 Å². The molecular formula is C21H16ClNO5. The quantitative estimate of drug-likeness (QED) is 0.624. The van der Waals surface area contributed by atoms with E-state index in [4.69, 9.17) is 21.4 Å². The number of hydrogen-bond acceptors (Lipinski definition) is 4. The molecule has 0 saturated heterocycles. The normalized spacial score (nSPS) is 15.3. The molecule has 1 aliphatic heterocycles. The Kier molecular flexibility index (Phi) is 5.33. The Morgan fingerprint density at radius 1 is 1.14 bits per heavy atom. The molecule has 3 rings (SSSR count). The number of methoxy groups -OCH3 is 1. The van der Waals surface area contributed by atoms with E-state index in [1.807, 2.05) is 0 Å². The van der Waals surface area contributed by atoms with E-state index in [-0.39, 0.29) is 16.7 Å². The Morgan fingerprint density at radius 2 is 1.82 bits per heavy atom. The van der Waals surface area contributed by atoms with E-state index in [1.54, 1.807) is 43.3 Å². The summed E-state index contributed by atoms with van der Waals surface area (Å²) in [6.07, 6.45) is 1.54. The summed E-state index contributed by atoms with van der Waals surface area (Å²) in [4.78, 5) is 37.9. The molecule has 0 radical (unpaired) electrons. The summed E-state index contributed by atoms with van der Waals surface area (Å²) in [5.74, 6) is -2.08. The van der Waals surface area contributed by atoms with Gasteiger partial charge in [-0.15, -0.1) is 0 Å². The number of aromatic carboxylic acids is 1. The number of nitrogens with zero attached hydrogens (tertiary/aromatic N) is 1. The topological polar surface area (TPSA) is 83.9 Å². The van der Waals surface area contributed by atoms with Crippen LogP contribution in [0.5, 0.6) is 0 Å². The van der Waals surface area contributed by atoms with Gasteiger partial charge in [-0.1, -0.05) is 29.8 Å². The molecule has 0 aromatic heterocycles. The number of ether oxygens (including phenoxy) is 1. The fraction of sp³-hybridized carbons (Fsp3) is 0.0952. The van der Waals surface area contributed by atoms with Gasteiger partial charge in [0.15, 0.2) is 0 Å². The Morgan fingerprint density at radius 3 is 2.39 bits per heavy atom. The van der Waals surface area contributed by atoms with Gasteiger partial charge in [-0.2, -0.15) is 0 Å². The monoisotopic (exact) mass is 397 g/mol. The molecule has 0 atom stereocenters. The highest BCUT2D eigenvalue weighted by Crippen LogP contribution is 2.36. The van der Waals surface area contributed by atoms with E-state index in [2.05, 4.69) is 0 Å². The van der Waals surface area contributed by atoms with Gasteiger partial charge in [-0.3, -0.25) is 9.69 Å². The predicted octanol–water partition coefficient (Wildman–Crippen LogP) is 3.92. The van der Waals surface area contributed by atoms with Crippen molar-refractivity contribution in [3.63, 3.8) is 0 Å². The highest BCUT2D eigenvalue weighted by atomic mass is 35.5. The van der Waals surface area contributed by atoms with Crippen molar-refractivity contribution in [2.75, 3.05) is 12.0 Å². The lowest BCUT2D eigenvalue weighted by Crippen LogP contribution is -2.24. The van der Waals surface area contributed by atoms with Gasteiger partial charge >= 0.3 is 11.9 Å². The van der Waals surface area contributed by atoms with E-state index in [0.717, 1.165) is 0 Å². The molecular weight excluding hydrogens is 382 g/mol. The number of allylic oxidation sites excluding steroid dienone is 1. The van der Waals surface area contributed by atoms with Gasteiger partial charge in [-0.05, 0) is 48.9 Å². The van der Waals surface area contributed by atoms with Gasteiger partial charge in [0.05, 0.1) is 29.5 Å². The minimum atomic E-state index is -1.05. The van der Waals surface area contributed by atoms with Crippen LogP contribution in [-0.2, 0) is 14.3 Å². The van der Waals surface area contributed by atoms with Crippen LogP contribution < -0.4 is 4.90 Å². The lowest BCUT2D eigenvalue weighted by molar-refractivity contribution is -0.136. The first kappa shape index (κ1) is 19.4. The number of hydrogen-bond donors (Lipinski definition) is 1. The summed E-state index contributed by atoms with van der Waals surface area (Å²) in [6.45, 7) is 1.65. The molecule has 0 aliphatic carbocycles. The van der Waals surface area contributed by atoms with Crippen LogP contribution in [0, 0.1) is 0 Å². The van der Waals surface area contributed by atoms with Crippen LogP contribution in [0.3, 0.4) is 0 Å². The maximum atomic E-state index is 13.1. The highest BCUT2D eigenvalue weighted by Gasteiger charge is 2.37. The van der Waals surface area contributed by atoms with Crippen molar-refractivity contribution in [1.29, 1.82) is 0 Å². The lowest BCUT2D eigenvalue weighted by Gasteiger charge is -2.18. The first-order chi connectivity index (χ1) is 13.3. The number of amides is 1. The fourth-order valence-electron chi connectivity index (χ4n) is 2.99. The second-order valence-corrected chi connectivity index (χ2v) is 6.49. The van der Waals surface area contributed by atoms with E-state index < -0.39 is 17.8 Å². The zero-order valence-electron chi connectivity index (χ0n) is 15.1. The molecule has 0 spiro atoms. The Hall–Kier alpha value is -3.38. The molecule has 0 fully saturated rings. The summed E-state index contributed by atoms with van der Waals surface area (Å²) in [5, 5.41) is 9.47. The van der Waals surface area contributed by atoms with Crippen molar-refractivity contribution in [3.05, 3.63) is 81.5 Å². The van der Waals surface area contributed by atoms with Crippen molar-refractivity contribution in [3.8, 4) is 0 Å². The van der Waals surface area contributed by atoms with Gasteiger partial charge in [0.25, 0.3) is 5.91 Å². The van der Waals surface area contributed by atoms with Crippen molar-refractivity contribution >= 4 is 41.2 Å². The molecule has 142 valence electrons. The second-order valence-electron chi connectivity index (χ2n) is 6.06. The molecule has 0 unspecified atom stereocenters. The van der Waals surface area contributed by atoms with E-state index in [0.29, 0.717) is 22.0 Å². The number of carbonyl (C=O) groups is 3. The zero-order chi connectivity index (χ0) is 20.4. The maximum Gasteiger partial charge on any atom is 0.340 e. The number of esters is 1. The Bertz CT molecular complexity index is 1040. The van der Waals surface area contributed by atoms with E-state index >= 15 is 0 Å². The molecule has 6 nitrogen and oxygen atoms in total. The molecule has 1 N–H and O–H groups in total. The SMILES string of the molecule is COC(=O)C1=C(C)N(c2cccc(Cl)c2)C(=O)C1=Cc1ccc(C(=O)O)cc1. The molecule has 1 amide bonds. The number of rotatable bonds is 4. The number of benzene rings is 2. The first-order valence-corrected chi connectivity index (χ1v) is 8.66. The molecule has 2 aromatic rings. The van der Waals surface area contributed by atoms with E-state index in [9.17, 15) is 14.4 Å². The molecule has 1 aliphatic rings. The van der Waals surface area contributed by atoms with Crippen molar-refractivity contribution in [2.45, 2.75) is 6.92 Å². The smallest absolute Gasteiger partial charge is 0.340 e. The number of halogens is 1. The third-order valence-electron chi connectivity index (χ3n) is 4.32. The van der Waals surface area contributed by atoms with Crippen LogP contribution in [0.15, 0.2) is 65.4 Å². The third kappa shape index (κ3) is 3.54. The summed E-state index contributed by atoms with van der Waals surface area (Å²) >= 11 is 6.04. The van der Waals surface area contributed by atoms with Crippen LogP contribution in [0.1, 0.15) is 22.8 Å². The lowest BCUT2D eigenvalue weighted by atomic mass is 10.0. The van der Waals surface area contributed by atoms with Gasteiger partial charge in [0, 0.05) is 10.7 Å². The maximum absolute atomic E-state index is 13.1. The standard InChI is InChI=1S/C21H16ClNO5/c1-12-18(21(27)28-2)17(10-13-6-8-14(9-7-13)20(25)26)19(24)23(12)16-5-3-4-15(22)11-16/h3-11H,1-2H3,(H,25,26). The van der Waals surface area contributed by atoms with Crippen molar-refractivity contribution in [1.82, 2.24) is 0 Å². The molecule has 2 aromatic carbocycles. The van der Waals surface area contributed by atoms with Gasteiger partial charge in [-0.25, -0.2) is 9.59 Å². The minimum Gasteiger partial charge on any atom is -0.478 e. The molecule has 0 bridgehead atoms. The Labute approximate surface area is 166 Å². The minimum absolute atomic E-state index is 0.125. The number of carbonyl (C=O) groups excluding carboxylic acids is 2. The fourth-order valence-corrected chi connectivity index (χ4v) is 3.18. The van der Waals surface area contributed by atoms with Crippen LogP contribution in [-0.4, -0.2) is 30.1 Å². The molecule has 7 heteroatoms. The summed E-state index contributed by atoms with van der Waals surface area (Å²) < 4.78 is 4.86. The van der Waals surface area contributed by atoms with E-state index in [1.165, 1.54) is 30.2 Å². The van der Waals surface area contributed by atoms with Gasteiger partial charge in [0.1, 0.15) is 0 Å². The van der Waals surface area contributed by atoms with Crippen LogP contribution in [0.2, 0.25) is 5.02 Å². The van der Waals surface area contributed by atoms with Crippen molar-refractivity contribution in [2.24, 2.45) is 0 Å². The Balaban J connectivity index is 2.10. The van der Waals surface area contributed by atoms with Crippen LogP contribution in [0.25, 0.3) is 6.08 Å². The molecule has 1 heterocycles. The van der Waals surface area contributed by atoms with Crippen LogP contribution >= 0.6 is 11.6 Å². The molecule has 28 heavy (non-hydrogen) atoms. The average Bonchev–Trinajstić information content (AvgIpc) is 2.91. The van der Waals surface area contributed by atoms with Gasteiger partial charge < -0.3 is 9.84 Å². The summed E-state index contributed by atoms with van der Waals surface area (Å²) in [7, 11) is 1.24. The second kappa shape index (κ2) is 7.70. The summed E-state index contributed by atoms with van der Waals surface area (Å²) in [5.41, 5.74) is 1.96. The molecule has 0 saturated carbocycles. The zero-order valence-corrected chi connectivity index (χ0v) is 15.9. The number of carboxylic acids is 1. The summed E-state index contributed by atoms with van der Waals surface area (Å²) in [6, 6.07) is 12.7.